The first kappa shape index (κ1) is 10.6. The van der Waals surface area contributed by atoms with Gasteiger partial charge in [0.25, 0.3) is 0 Å². The van der Waals surface area contributed by atoms with Crippen LogP contribution >= 0.6 is 0 Å². The summed E-state index contributed by atoms with van der Waals surface area (Å²) in [6.45, 7) is 3.12. The number of nitrogens with zero attached hydrogens (tertiary/aromatic N) is 2. The maximum Gasteiger partial charge on any atom is 0.218 e. The molecule has 1 aromatic heterocycles. The summed E-state index contributed by atoms with van der Waals surface area (Å²) in [4.78, 5) is 18.6. The average molecular weight is 195 g/mol. The van der Waals surface area contributed by atoms with Crippen LogP contribution < -0.4 is 5.32 Å². The number of rotatable bonds is 3. The standard InChI is InChI=1S/C9H13N3O2/c1-6(9(14)12-7(2)13)8-5-10-3-4-11-8/h3-6,9,14H,1-2H3,(H,12,13)/t6-,9-/m0/s1. The zero-order valence-electron chi connectivity index (χ0n) is 8.14. The summed E-state index contributed by atoms with van der Waals surface area (Å²) in [7, 11) is 0. The zero-order valence-corrected chi connectivity index (χ0v) is 8.14. The predicted molar refractivity (Wildman–Crippen MR) is 50.3 cm³/mol. The molecule has 1 rings (SSSR count). The highest BCUT2D eigenvalue weighted by Crippen LogP contribution is 2.13. The number of carbonyl (C=O) groups excluding carboxylic acids is 1. The lowest BCUT2D eigenvalue weighted by atomic mass is 10.1. The molecule has 0 saturated heterocycles. The third-order valence-corrected chi connectivity index (χ3v) is 1.87. The zero-order chi connectivity index (χ0) is 10.6. The van der Waals surface area contributed by atoms with Gasteiger partial charge in [0.05, 0.1) is 5.69 Å². The Hall–Kier alpha value is -1.49. The second kappa shape index (κ2) is 4.66. The minimum atomic E-state index is -0.927. The monoisotopic (exact) mass is 195 g/mol. The number of aliphatic hydroxyl groups excluding tert-OH is 1. The van der Waals surface area contributed by atoms with E-state index in [1.165, 1.54) is 6.92 Å². The smallest absolute Gasteiger partial charge is 0.218 e. The average Bonchev–Trinajstić information content (AvgIpc) is 2.17. The molecule has 1 heterocycles. The van der Waals surface area contributed by atoms with Crippen LogP contribution in [0.3, 0.4) is 0 Å². The molecular formula is C9H13N3O2. The number of carbonyl (C=O) groups is 1. The minimum Gasteiger partial charge on any atom is -0.373 e. The topological polar surface area (TPSA) is 75.1 Å². The summed E-state index contributed by atoms with van der Waals surface area (Å²) >= 11 is 0. The molecule has 5 heteroatoms. The summed E-state index contributed by atoms with van der Waals surface area (Å²) in [5, 5.41) is 11.9. The van der Waals surface area contributed by atoms with Crippen LogP contribution in [0.5, 0.6) is 0 Å². The van der Waals surface area contributed by atoms with E-state index in [0.717, 1.165) is 0 Å². The molecule has 1 amide bonds. The Bertz CT molecular complexity index is 302. The molecule has 2 N–H and O–H groups in total. The molecule has 0 unspecified atom stereocenters. The van der Waals surface area contributed by atoms with Crippen molar-refractivity contribution in [3.63, 3.8) is 0 Å². The second-order valence-electron chi connectivity index (χ2n) is 3.06. The van der Waals surface area contributed by atoms with Crippen molar-refractivity contribution in [3.8, 4) is 0 Å². The van der Waals surface area contributed by atoms with Crippen molar-refractivity contribution in [2.24, 2.45) is 0 Å². The van der Waals surface area contributed by atoms with E-state index in [4.69, 9.17) is 0 Å². The van der Waals surface area contributed by atoms with E-state index in [9.17, 15) is 9.90 Å². The molecule has 0 aliphatic heterocycles. The Morgan fingerprint density at radius 1 is 1.57 bits per heavy atom. The fourth-order valence-corrected chi connectivity index (χ4v) is 1.04. The van der Waals surface area contributed by atoms with Gasteiger partial charge in [-0.1, -0.05) is 6.92 Å². The van der Waals surface area contributed by atoms with Crippen molar-refractivity contribution in [3.05, 3.63) is 24.3 Å². The van der Waals surface area contributed by atoms with Crippen molar-refractivity contribution in [1.82, 2.24) is 15.3 Å². The summed E-state index contributed by atoms with van der Waals surface area (Å²) in [6, 6.07) is 0. The quantitative estimate of drug-likeness (QED) is 0.667. The van der Waals surface area contributed by atoms with E-state index in [-0.39, 0.29) is 11.8 Å². The van der Waals surface area contributed by atoms with Crippen LogP contribution in [0.2, 0.25) is 0 Å². The van der Waals surface area contributed by atoms with Gasteiger partial charge in [-0.3, -0.25) is 14.8 Å². The van der Waals surface area contributed by atoms with Gasteiger partial charge in [0.2, 0.25) is 5.91 Å². The van der Waals surface area contributed by atoms with Crippen molar-refractivity contribution in [2.75, 3.05) is 0 Å². The van der Waals surface area contributed by atoms with Crippen LogP contribution in [0.4, 0.5) is 0 Å². The summed E-state index contributed by atoms with van der Waals surface area (Å²) in [5.74, 6) is -0.541. The van der Waals surface area contributed by atoms with Crippen LogP contribution in [0.1, 0.15) is 25.5 Å². The van der Waals surface area contributed by atoms with E-state index in [0.29, 0.717) is 5.69 Å². The number of aliphatic hydroxyl groups is 1. The molecule has 5 nitrogen and oxygen atoms in total. The lowest BCUT2D eigenvalue weighted by Crippen LogP contribution is -2.37. The van der Waals surface area contributed by atoms with E-state index in [2.05, 4.69) is 15.3 Å². The highest BCUT2D eigenvalue weighted by Gasteiger charge is 2.17. The number of hydrogen-bond acceptors (Lipinski definition) is 4. The van der Waals surface area contributed by atoms with Gasteiger partial charge in [0.15, 0.2) is 0 Å². The van der Waals surface area contributed by atoms with Crippen LogP contribution in [0.25, 0.3) is 0 Å². The lowest BCUT2D eigenvalue weighted by Gasteiger charge is -2.18. The molecule has 0 aliphatic rings. The van der Waals surface area contributed by atoms with Crippen LogP contribution in [-0.4, -0.2) is 27.2 Å². The Balaban J connectivity index is 2.65. The molecule has 0 radical (unpaired) electrons. The van der Waals surface area contributed by atoms with Crippen LogP contribution in [-0.2, 0) is 4.79 Å². The van der Waals surface area contributed by atoms with Crippen molar-refractivity contribution >= 4 is 5.91 Å². The Labute approximate surface area is 82.2 Å². The number of aromatic nitrogens is 2. The molecule has 1 aromatic rings. The fraction of sp³-hybridized carbons (Fsp3) is 0.444. The molecule has 0 fully saturated rings. The molecule has 0 saturated carbocycles. The summed E-state index contributed by atoms with van der Waals surface area (Å²) in [5.41, 5.74) is 0.647. The number of nitrogens with one attached hydrogen (secondary N) is 1. The second-order valence-corrected chi connectivity index (χ2v) is 3.06. The molecule has 14 heavy (non-hydrogen) atoms. The minimum absolute atomic E-state index is 0.270. The lowest BCUT2D eigenvalue weighted by molar-refractivity contribution is -0.122. The van der Waals surface area contributed by atoms with E-state index >= 15 is 0 Å². The van der Waals surface area contributed by atoms with Gasteiger partial charge in [-0.15, -0.1) is 0 Å². The molecular weight excluding hydrogens is 182 g/mol. The van der Waals surface area contributed by atoms with Gasteiger partial charge in [-0.25, -0.2) is 0 Å². The summed E-state index contributed by atoms with van der Waals surface area (Å²) < 4.78 is 0. The third kappa shape index (κ3) is 2.77. The molecule has 0 aromatic carbocycles. The molecule has 0 spiro atoms. The largest absolute Gasteiger partial charge is 0.373 e. The Morgan fingerprint density at radius 2 is 2.29 bits per heavy atom. The van der Waals surface area contributed by atoms with Crippen molar-refractivity contribution < 1.29 is 9.90 Å². The third-order valence-electron chi connectivity index (χ3n) is 1.87. The van der Waals surface area contributed by atoms with Gasteiger partial charge in [0.1, 0.15) is 6.23 Å². The van der Waals surface area contributed by atoms with E-state index < -0.39 is 6.23 Å². The predicted octanol–water partition coefficient (Wildman–Crippen LogP) is 0.0346. The maximum absolute atomic E-state index is 10.7. The van der Waals surface area contributed by atoms with Crippen LogP contribution in [0.15, 0.2) is 18.6 Å². The first-order valence-electron chi connectivity index (χ1n) is 4.32. The van der Waals surface area contributed by atoms with Gasteiger partial charge in [-0.05, 0) is 0 Å². The van der Waals surface area contributed by atoms with Crippen molar-refractivity contribution in [1.29, 1.82) is 0 Å². The molecule has 0 bridgehead atoms. The summed E-state index contributed by atoms with van der Waals surface area (Å²) in [6.07, 6.45) is 3.74. The Morgan fingerprint density at radius 3 is 2.79 bits per heavy atom. The number of hydrogen-bond donors (Lipinski definition) is 2. The highest BCUT2D eigenvalue weighted by atomic mass is 16.3. The highest BCUT2D eigenvalue weighted by molar-refractivity contribution is 5.73. The normalized spacial score (nSPS) is 14.5. The maximum atomic E-state index is 10.7. The number of amides is 1. The molecule has 0 aliphatic carbocycles. The fourth-order valence-electron chi connectivity index (χ4n) is 1.04. The van der Waals surface area contributed by atoms with Gasteiger partial charge in [-0.2, -0.15) is 0 Å². The molecule has 76 valence electrons. The Kier molecular flexibility index (Phi) is 3.53. The first-order valence-corrected chi connectivity index (χ1v) is 4.32. The van der Waals surface area contributed by atoms with Crippen molar-refractivity contribution in [2.45, 2.75) is 26.0 Å². The van der Waals surface area contributed by atoms with Crippen LogP contribution in [0, 0.1) is 0 Å². The van der Waals surface area contributed by atoms with E-state index in [1.807, 2.05) is 0 Å². The van der Waals surface area contributed by atoms with E-state index in [1.54, 1.807) is 25.5 Å². The van der Waals surface area contributed by atoms with Gasteiger partial charge in [0, 0.05) is 31.4 Å². The SMILES string of the molecule is CC(=O)N[C@@H](O)[C@@H](C)c1cnccn1. The molecule has 2 atom stereocenters. The van der Waals surface area contributed by atoms with Gasteiger partial charge < -0.3 is 10.4 Å². The van der Waals surface area contributed by atoms with Gasteiger partial charge >= 0.3 is 0 Å². The first-order chi connectivity index (χ1) is 6.61.